The highest BCUT2D eigenvalue weighted by Gasteiger charge is 2.21. The highest BCUT2D eigenvalue weighted by atomic mass is 16.5. The Kier molecular flexibility index (Phi) is 6.52. The van der Waals surface area contributed by atoms with Crippen LogP contribution in [0.1, 0.15) is 39.0 Å². The molecule has 0 heterocycles. The Hall–Kier alpha value is -0.610. The van der Waals surface area contributed by atoms with Gasteiger partial charge in [0.25, 0.3) is 0 Å². The molecule has 0 aliphatic heterocycles. The summed E-state index contributed by atoms with van der Waals surface area (Å²) in [6.07, 6.45) is 5.69. The van der Waals surface area contributed by atoms with E-state index in [9.17, 15) is 4.79 Å². The fourth-order valence-corrected chi connectivity index (χ4v) is 2.29. The van der Waals surface area contributed by atoms with Crippen molar-refractivity contribution in [2.24, 2.45) is 5.92 Å². The minimum Gasteiger partial charge on any atom is -0.481 e. The maximum Gasteiger partial charge on any atom is 0.304 e. The van der Waals surface area contributed by atoms with Crippen LogP contribution in [0.25, 0.3) is 0 Å². The van der Waals surface area contributed by atoms with E-state index in [0.29, 0.717) is 25.2 Å². The fourth-order valence-electron chi connectivity index (χ4n) is 2.29. The van der Waals surface area contributed by atoms with E-state index in [0.717, 1.165) is 6.54 Å². The fraction of sp³-hybridized carbons (Fsp3) is 0.923. The molecular formula is C13H25NO3. The topological polar surface area (TPSA) is 49.8 Å². The number of ether oxygens (including phenoxy) is 1. The molecule has 0 saturated heterocycles. The second kappa shape index (κ2) is 7.67. The summed E-state index contributed by atoms with van der Waals surface area (Å²) < 4.78 is 5.88. The van der Waals surface area contributed by atoms with Crippen molar-refractivity contribution in [3.8, 4) is 0 Å². The molecule has 1 rings (SSSR count). The number of hydrogen-bond acceptors (Lipinski definition) is 3. The number of likely N-dealkylation sites (N-methyl/N-ethyl adjacent to an activating group) is 1. The molecule has 0 radical (unpaired) electrons. The minimum atomic E-state index is -0.737. The van der Waals surface area contributed by atoms with Crippen LogP contribution in [0.5, 0.6) is 0 Å². The van der Waals surface area contributed by atoms with Crippen LogP contribution in [0.3, 0.4) is 0 Å². The number of carboxylic acid groups (broad SMARTS) is 1. The normalized spacial score (nSPS) is 25.1. The lowest BCUT2D eigenvalue weighted by molar-refractivity contribution is -0.137. The van der Waals surface area contributed by atoms with Crippen LogP contribution in [0.4, 0.5) is 0 Å². The maximum atomic E-state index is 10.4. The van der Waals surface area contributed by atoms with Crippen molar-refractivity contribution < 1.29 is 14.6 Å². The number of hydrogen-bond donors (Lipinski definition) is 1. The van der Waals surface area contributed by atoms with E-state index in [2.05, 4.69) is 6.92 Å². The van der Waals surface area contributed by atoms with Crippen LogP contribution in [0.2, 0.25) is 0 Å². The molecule has 0 bridgehead atoms. The highest BCUT2D eigenvalue weighted by molar-refractivity contribution is 5.66. The quantitative estimate of drug-likeness (QED) is 0.743. The first kappa shape index (κ1) is 14.5. The van der Waals surface area contributed by atoms with Gasteiger partial charge in [-0.1, -0.05) is 19.8 Å². The lowest BCUT2D eigenvalue weighted by Gasteiger charge is -2.29. The molecule has 100 valence electrons. The summed E-state index contributed by atoms with van der Waals surface area (Å²) in [5.41, 5.74) is 0. The second-order valence-corrected chi connectivity index (χ2v) is 5.12. The highest BCUT2D eigenvalue weighted by Crippen LogP contribution is 2.26. The second-order valence-electron chi connectivity index (χ2n) is 5.12. The van der Waals surface area contributed by atoms with Gasteiger partial charge in [0.15, 0.2) is 0 Å². The van der Waals surface area contributed by atoms with Crippen LogP contribution >= 0.6 is 0 Å². The van der Waals surface area contributed by atoms with Crippen LogP contribution in [0.15, 0.2) is 0 Å². The van der Waals surface area contributed by atoms with Gasteiger partial charge in [-0.3, -0.25) is 4.79 Å². The molecule has 17 heavy (non-hydrogen) atoms. The van der Waals surface area contributed by atoms with Crippen LogP contribution in [-0.4, -0.2) is 48.8 Å². The third-order valence-electron chi connectivity index (χ3n) is 3.55. The molecule has 1 saturated carbocycles. The van der Waals surface area contributed by atoms with E-state index in [1.54, 1.807) is 0 Å². The molecule has 1 aliphatic rings. The van der Waals surface area contributed by atoms with Crippen LogP contribution < -0.4 is 0 Å². The Bertz CT molecular complexity index is 233. The largest absolute Gasteiger partial charge is 0.481 e. The molecule has 1 fully saturated rings. The molecule has 4 nitrogen and oxygen atoms in total. The van der Waals surface area contributed by atoms with Gasteiger partial charge in [0, 0.05) is 13.1 Å². The lowest BCUT2D eigenvalue weighted by atomic mass is 9.88. The number of aliphatic carboxylic acids is 1. The average Bonchev–Trinajstić information content (AvgIpc) is 2.29. The molecule has 0 aromatic heterocycles. The molecule has 0 amide bonds. The zero-order valence-electron chi connectivity index (χ0n) is 11.0. The van der Waals surface area contributed by atoms with Crippen molar-refractivity contribution in [1.29, 1.82) is 0 Å². The number of rotatable bonds is 7. The van der Waals surface area contributed by atoms with Gasteiger partial charge >= 0.3 is 5.97 Å². The Morgan fingerprint density at radius 3 is 2.71 bits per heavy atom. The minimum absolute atomic E-state index is 0.205. The van der Waals surface area contributed by atoms with Crippen molar-refractivity contribution in [1.82, 2.24) is 4.90 Å². The van der Waals surface area contributed by atoms with E-state index in [-0.39, 0.29) is 6.42 Å². The standard InChI is InChI=1S/C13H25NO3/c1-11-5-3-4-6-12(11)17-10-9-14(2)8-7-13(15)16/h11-12H,3-10H2,1-2H3,(H,15,16). The van der Waals surface area contributed by atoms with E-state index in [1.165, 1.54) is 25.7 Å². The first-order chi connectivity index (χ1) is 8.09. The van der Waals surface area contributed by atoms with Gasteiger partial charge in [-0.25, -0.2) is 0 Å². The van der Waals surface area contributed by atoms with E-state index in [1.807, 2.05) is 11.9 Å². The van der Waals surface area contributed by atoms with Gasteiger partial charge in [-0.05, 0) is 25.8 Å². The summed E-state index contributed by atoms with van der Waals surface area (Å²) in [7, 11) is 1.94. The van der Waals surface area contributed by atoms with E-state index >= 15 is 0 Å². The van der Waals surface area contributed by atoms with Crippen LogP contribution in [-0.2, 0) is 9.53 Å². The molecule has 0 aromatic carbocycles. The first-order valence-electron chi connectivity index (χ1n) is 6.61. The Morgan fingerprint density at radius 2 is 2.06 bits per heavy atom. The number of carboxylic acids is 1. The van der Waals surface area contributed by atoms with Crippen molar-refractivity contribution in [3.05, 3.63) is 0 Å². The zero-order valence-corrected chi connectivity index (χ0v) is 11.0. The smallest absolute Gasteiger partial charge is 0.304 e. The van der Waals surface area contributed by atoms with Gasteiger partial charge in [0.2, 0.25) is 0 Å². The summed E-state index contributed by atoms with van der Waals surface area (Å²) in [5, 5.41) is 8.57. The average molecular weight is 243 g/mol. The van der Waals surface area contributed by atoms with Crippen molar-refractivity contribution in [3.63, 3.8) is 0 Å². The lowest BCUT2D eigenvalue weighted by Crippen LogP contribution is -2.31. The maximum absolute atomic E-state index is 10.4. The summed E-state index contributed by atoms with van der Waals surface area (Å²) in [6.45, 7) is 4.39. The molecule has 2 unspecified atom stereocenters. The van der Waals surface area contributed by atoms with Crippen molar-refractivity contribution in [2.75, 3.05) is 26.7 Å². The number of nitrogens with zero attached hydrogens (tertiary/aromatic N) is 1. The predicted octanol–water partition coefficient (Wildman–Crippen LogP) is 1.99. The van der Waals surface area contributed by atoms with Gasteiger partial charge < -0.3 is 14.7 Å². The van der Waals surface area contributed by atoms with Gasteiger partial charge in [-0.2, -0.15) is 0 Å². The Labute approximate surface area is 104 Å². The summed E-state index contributed by atoms with van der Waals surface area (Å²) >= 11 is 0. The van der Waals surface area contributed by atoms with Crippen LogP contribution in [0, 0.1) is 5.92 Å². The molecule has 0 spiro atoms. The first-order valence-corrected chi connectivity index (χ1v) is 6.61. The van der Waals surface area contributed by atoms with Gasteiger partial charge in [-0.15, -0.1) is 0 Å². The van der Waals surface area contributed by atoms with Crippen molar-refractivity contribution >= 4 is 5.97 Å². The molecule has 1 N–H and O–H groups in total. The Balaban J connectivity index is 2.07. The molecular weight excluding hydrogens is 218 g/mol. The molecule has 2 atom stereocenters. The van der Waals surface area contributed by atoms with E-state index < -0.39 is 5.97 Å². The molecule has 1 aliphatic carbocycles. The molecule has 4 heteroatoms. The third kappa shape index (κ3) is 6.03. The SMILES string of the molecule is CC1CCCCC1OCCN(C)CCC(=O)O. The Morgan fingerprint density at radius 1 is 1.35 bits per heavy atom. The monoisotopic (exact) mass is 243 g/mol. The zero-order chi connectivity index (χ0) is 12.7. The van der Waals surface area contributed by atoms with Gasteiger partial charge in [0.1, 0.15) is 0 Å². The van der Waals surface area contributed by atoms with Crippen molar-refractivity contribution in [2.45, 2.75) is 45.1 Å². The van der Waals surface area contributed by atoms with Gasteiger partial charge in [0.05, 0.1) is 19.1 Å². The van der Waals surface area contributed by atoms with E-state index in [4.69, 9.17) is 9.84 Å². The predicted molar refractivity (Wildman–Crippen MR) is 67.1 cm³/mol. The third-order valence-corrected chi connectivity index (χ3v) is 3.55. The molecule has 0 aromatic rings. The number of carbonyl (C=O) groups is 1. The summed E-state index contributed by atoms with van der Waals surface area (Å²) in [5.74, 6) is -0.0632. The summed E-state index contributed by atoms with van der Waals surface area (Å²) in [6, 6.07) is 0. The summed E-state index contributed by atoms with van der Waals surface area (Å²) in [4.78, 5) is 12.4.